The third-order valence-electron chi connectivity index (χ3n) is 4.69. The smallest absolute Gasteiger partial charge is 0.317 e. The van der Waals surface area contributed by atoms with Crippen LogP contribution in [0, 0.1) is 5.41 Å². The minimum Gasteiger partial charge on any atom is -0.480 e. The summed E-state index contributed by atoms with van der Waals surface area (Å²) in [6.07, 6.45) is 16.7. The summed E-state index contributed by atoms with van der Waals surface area (Å²) in [5.74, 6) is -0.829. The second-order valence-electron chi connectivity index (χ2n) is 7.52. The standard InChI is InChI=1S/C22H31BrO2/c1-16(8-6-9-17(2)12-14-20(23)21(24)25)11-13-19-18(3)10-7-15-22(19,4)5/h6,8-9,11-13,20H,7,10,14-15H2,1-5H3,(H,24,25)/b9-6+,13-11+,16-8+,17-12+. The Balaban J connectivity index is 2.69. The number of hydrogen-bond donors (Lipinski definition) is 1. The summed E-state index contributed by atoms with van der Waals surface area (Å²) in [5.41, 5.74) is 5.52. The number of hydrogen-bond acceptors (Lipinski definition) is 1. The van der Waals surface area contributed by atoms with E-state index in [0.29, 0.717) is 6.42 Å². The van der Waals surface area contributed by atoms with Crippen LogP contribution in [-0.2, 0) is 4.79 Å². The number of alkyl halides is 1. The van der Waals surface area contributed by atoms with Crippen molar-refractivity contribution < 1.29 is 9.90 Å². The molecule has 25 heavy (non-hydrogen) atoms. The lowest BCUT2D eigenvalue weighted by molar-refractivity contribution is -0.136. The average Bonchev–Trinajstić information content (AvgIpc) is 2.51. The second-order valence-corrected chi connectivity index (χ2v) is 8.63. The Morgan fingerprint density at radius 1 is 1.28 bits per heavy atom. The van der Waals surface area contributed by atoms with E-state index in [2.05, 4.69) is 61.9 Å². The van der Waals surface area contributed by atoms with Gasteiger partial charge in [-0.1, -0.05) is 83.0 Å². The third kappa shape index (κ3) is 7.60. The zero-order chi connectivity index (χ0) is 19.0. The lowest BCUT2D eigenvalue weighted by Crippen LogP contribution is -2.19. The molecule has 0 bridgehead atoms. The van der Waals surface area contributed by atoms with Crippen molar-refractivity contribution in [1.29, 1.82) is 0 Å². The molecule has 0 aliphatic heterocycles. The molecule has 3 heteroatoms. The number of allylic oxidation sites excluding steroid dienone is 10. The molecule has 1 aliphatic rings. The maximum Gasteiger partial charge on any atom is 0.317 e. The van der Waals surface area contributed by atoms with E-state index in [1.165, 1.54) is 36.0 Å². The highest BCUT2D eigenvalue weighted by Gasteiger charge is 2.26. The van der Waals surface area contributed by atoms with Gasteiger partial charge in [0.2, 0.25) is 0 Å². The number of aliphatic carboxylic acids is 1. The van der Waals surface area contributed by atoms with Crippen molar-refractivity contribution in [3.63, 3.8) is 0 Å². The first-order valence-corrected chi connectivity index (χ1v) is 9.82. The van der Waals surface area contributed by atoms with Gasteiger partial charge in [0.1, 0.15) is 4.83 Å². The fourth-order valence-corrected chi connectivity index (χ4v) is 3.28. The van der Waals surface area contributed by atoms with Crippen LogP contribution in [0.25, 0.3) is 0 Å². The van der Waals surface area contributed by atoms with Crippen LogP contribution in [0.15, 0.2) is 58.7 Å². The van der Waals surface area contributed by atoms with E-state index in [-0.39, 0.29) is 5.41 Å². The molecule has 1 unspecified atom stereocenters. The van der Waals surface area contributed by atoms with E-state index < -0.39 is 10.8 Å². The monoisotopic (exact) mass is 406 g/mol. The van der Waals surface area contributed by atoms with Crippen LogP contribution in [-0.4, -0.2) is 15.9 Å². The number of carboxylic acid groups (broad SMARTS) is 1. The lowest BCUT2D eigenvalue weighted by atomic mass is 9.72. The van der Waals surface area contributed by atoms with Gasteiger partial charge in [0.05, 0.1) is 0 Å². The molecule has 0 radical (unpaired) electrons. The Kier molecular flexibility index (Phi) is 8.64. The fraction of sp³-hybridized carbons (Fsp3) is 0.500. The van der Waals surface area contributed by atoms with Gasteiger partial charge in [-0.15, -0.1) is 0 Å². The Bertz CT molecular complexity index is 630. The Labute approximate surface area is 161 Å². The average molecular weight is 407 g/mol. The zero-order valence-corrected chi connectivity index (χ0v) is 17.7. The first-order chi connectivity index (χ1) is 11.6. The first-order valence-electron chi connectivity index (χ1n) is 8.90. The van der Waals surface area contributed by atoms with Crippen LogP contribution in [0.3, 0.4) is 0 Å². The molecular weight excluding hydrogens is 376 g/mol. The zero-order valence-electron chi connectivity index (χ0n) is 16.1. The van der Waals surface area contributed by atoms with E-state index in [4.69, 9.17) is 5.11 Å². The molecule has 2 nitrogen and oxygen atoms in total. The van der Waals surface area contributed by atoms with Crippen LogP contribution in [0.4, 0.5) is 0 Å². The van der Waals surface area contributed by atoms with Gasteiger partial charge in [0, 0.05) is 0 Å². The molecule has 138 valence electrons. The molecule has 0 amide bonds. The molecule has 1 atom stereocenters. The summed E-state index contributed by atoms with van der Waals surface area (Å²) in [5, 5.41) is 8.85. The SMILES string of the molecule is CC1=C(/C=C/C(C)=C/C=C/C(C)=C/CC(Br)C(=O)O)C(C)(C)CCC1. The number of carbonyl (C=O) groups is 1. The van der Waals surface area contributed by atoms with Gasteiger partial charge in [-0.2, -0.15) is 0 Å². The van der Waals surface area contributed by atoms with Gasteiger partial charge in [-0.25, -0.2) is 0 Å². The number of rotatable bonds is 7. The van der Waals surface area contributed by atoms with Gasteiger partial charge in [-0.3, -0.25) is 4.79 Å². The molecule has 1 rings (SSSR count). The Morgan fingerprint density at radius 2 is 1.96 bits per heavy atom. The first kappa shape index (κ1) is 21.7. The maximum atomic E-state index is 10.8. The largest absolute Gasteiger partial charge is 0.480 e. The number of carboxylic acids is 1. The highest BCUT2D eigenvalue weighted by Crippen LogP contribution is 2.40. The molecule has 0 saturated carbocycles. The van der Waals surface area contributed by atoms with Crippen LogP contribution in [0.1, 0.15) is 60.3 Å². The second kappa shape index (κ2) is 9.96. The lowest BCUT2D eigenvalue weighted by Gasteiger charge is -2.32. The van der Waals surface area contributed by atoms with Crippen molar-refractivity contribution >= 4 is 21.9 Å². The molecule has 0 spiro atoms. The van der Waals surface area contributed by atoms with Gasteiger partial charge in [0.15, 0.2) is 0 Å². The highest BCUT2D eigenvalue weighted by atomic mass is 79.9. The van der Waals surface area contributed by atoms with Crippen molar-refractivity contribution in [1.82, 2.24) is 0 Å². The summed E-state index contributed by atoms with van der Waals surface area (Å²) >= 11 is 3.14. The molecule has 0 fully saturated rings. The molecule has 0 saturated heterocycles. The molecule has 1 N–H and O–H groups in total. The summed E-state index contributed by atoms with van der Waals surface area (Å²) in [6, 6.07) is 0. The van der Waals surface area contributed by atoms with Crippen molar-refractivity contribution in [3.05, 3.63) is 58.7 Å². The highest BCUT2D eigenvalue weighted by molar-refractivity contribution is 9.10. The van der Waals surface area contributed by atoms with Crippen molar-refractivity contribution in [2.75, 3.05) is 0 Å². The molecule has 0 aromatic carbocycles. The predicted octanol–water partition coefficient (Wildman–Crippen LogP) is 6.76. The number of halogens is 1. The summed E-state index contributed by atoms with van der Waals surface area (Å²) in [4.78, 5) is 10.2. The topological polar surface area (TPSA) is 37.3 Å². The molecule has 0 aromatic heterocycles. The van der Waals surface area contributed by atoms with Crippen LogP contribution in [0.5, 0.6) is 0 Å². The van der Waals surface area contributed by atoms with Gasteiger partial charge < -0.3 is 5.11 Å². The maximum absolute atomic E-state index is 10.8. The quantitative estimate of drug-likeness (QED) is 0.374. The van der Waals surface area contributed by atoms with E-state index in [9.17, 15) is 4.79 Å². The van der Waals surface area contributed by atoms with E-state index in [1.54, 1.807) is 0 Å². The molecular formula is C22H31BrO2. The van der Waals surface area contributed by atoms with Crippen molar-refractivity contribution in [3.8, 4) is 0 Å². The third-order valence-corrected chi connectivity index (χ3v) is 5.45. The summed E-state index contributed by atoms with van der Waals surface area (Å²) in [6.45, 7) is 11.0. The molecule has 0 heterocycles. The Hall–Kier alpha value is -1.35. The molecule has 1 aliphatic carbocycles. The van der Waals surface area contributed by atoms with Gasteiger partial charge in [-0.05, 0) is 57.4 Å². The normalized spacial score (nSPS) is 20.6. The predicted molar refractivity (Wildman–Crippen MR) is 111 cm³/mol. The van der Waals surface area contributed by atoms with Gasteiger partial charge >= 0.3 is 5.97 Å². The van der Waals surface area contributed by atoms with Gasteiger partial charge in [0.25, 0.3) is 0 Å². The van der Waals surface area contributed by atoms with Crippen LogP contribution < -0.4 is 0 Å². The minimum absolute atomic E-state index is 0.268. The minimum atomic E-state index is -0.829. The van der Waals surface area contributed by atoms with E-state index in [1.807, 2.05) is 25.2 Å². The Morgan fingerprint density at radius 3 is 2.56 bits per heavy atom. The van der Waals surface area contributed by atoms with Crippen molar-refractivity contribution in [2.45, 2.75) is 65.1 Å². The van der Waals surface area contributed by atoms with Crippen LogP contribution in [0.2, 0.25) is 0 Å². The van der Waals surface area contributed by atoms with Crippen molar-refractivity contribution in [2.24, 2.45) is 5.41 Å². The summed E-state index contributed by atoms with van der Waals surface area (Å²) in [7, 11) is 0. The van der Waals surface area contributed by atoms with E-state index in [0.717, 1.165) is 5.57 Å². The summed E-state index contributed by atoms with van der Waals surface area (Å²) < 4.78 is 0. The molecule has 0 aromatic rings. The fourth-order valence-electron chi connectivity index (χ4n) is 3.09. The van der Waals surface area contributed by atoms with Crippen LogP contribution >= 0.6 is 15.9 Å². The van der Waals surface area contributed by atoms with E-state index >= 15 is 0 Å².